The van der Waals surface area contributed by atoms with E-state index in [4.69, 9.17) is 9.47 Å². The number of nitrogens with zero attached hydrogens (tertiary/aromatic N) is 1. The number of Topliss-reactive ketones (excluding diaryl/α,β-unsaturated/α-hetero) is 2. The summed E-state index contributed by atoms with van der Waals surface area (Å²) in [7, 11) is 0. The molecule has 0 aromatic heterocycles. The minimum Gasteiger partial charge on any atom is -0.379 e. The Balaban J connectivity index is 0.921. The Morgan fingerprint density at radius 3 is 2.57 bits per heavy atom. The second-order valence-corrected chi connectivity index (χ2v) is 17.4. The van der Waals surface area contributed by atoms with Crippen LogP contribution in [-0.2, 0) is 23.9 Å². The third-order valence-electron chi connectivity index (χ3n) is 15.0. The molecular weight excluding hydrogens is 578 g/mol. The summed E-state index contributed by atoms with van der Waals surface area (Å²) < 4.78 is 12.4. The minimum absolute atomic E-state index is 0.00805. The number of nitrogens with one attached hydrogen (secondary N) is 2. The van der Waals surface area contributed by atoms with Gasteiger partial charge in [0, 0.05) is 55.8 Å². The first kappa shape index (κ1) is 33.2. The largest absolute Gasteiger partial charge is 0.379 e. The van der Waals surface area contributed by atoms with E-state index in [0.717, 1.165) is 90.8 Å². The number of carbonyl (C=O) groups is 3. The number of carbonyl (C=O) groups excluding carboxylic acids is 3. The second-order valence-electron chi connectivity index (χ2n) is 17.4. The SMILES string of the molecule is C[C@@H]1CC[C@@]2(NC1)O[C@H]1C[C@H]3[C@@H]4CC[C@H]5CC(NC(=O)CC(=O)CCCCN6CCOCC6)CC[C@]5(C)[C@H]4CC(=O)[C@]3(C)[C@H]1[C@@H]2C. The third kappa shape index (κ3) is 5.73. The van der Waals surface area contributed by atoms with Gasteiger partial charge in [0.05, 0.1) is 25.7 Å². The van der Waals surface area contributed by atoms with E-state index in [1.165, 1.54) is 19.3 Å². The molecule has 0 aromatic rings. The van der Waals surface area contributed by atoms with E-state index in [9.17, 15) is 14.4 Å². The summed E-state index contributed by atoms with van der Waals surface area (Å²) in [4.78, 5) is 42.3. The molecule has 4 aliphatic carbocycles. The highest BCUT2D eigenvalue weighted by molar-refractivity contribution is 5.98. The number of fused-ring (bicyclic) bond motifs is 7. The Morgan fingerprint density at radius 2 is 1.80 bits per heavy atom. The van der Waals surface area contributed by atoms with Crippen molar-refractivity contribution in [3.05, 3.63) is 0 Å². The maximum atomic E-state index is 14.4. The Morgan fingerprint density at radius 1 is 1.00 bits per heavy atom. The lowest BCUT2D eigenvalue weighted by Gasteiger charge is -2.60. The first-order valence-corrected chi connectivity index (χ1v) is 19.1. The first-order valence-electron chi connectivity index (χ1n) is 19.1. The van der Waals surface area contributed by atoms with E-state index < -0.39 is 0 Å². The van der Waals surface area contributed by atoms with E-state index in [1.54, 1.807) is 0 Å². The normalized spacial score (nSPS) is 47.1. The van der Waals surface area contributed by atoms with Crippen molar-refractivity contribution >= 4 is 17.5 Å². The number of piperidine rings is 1. The zero-order valence-electron chi connectivity index (χ0n) is 29.1. The molecule has 0 radical (unpaired) electrons. The lowest BCUT2D eigenvalue weighted by atomic mass is 9.44. The summed E-state index contributed by atoms with van der Waals surface area (Å²) in [5.74, 6) is 3.79. The summed E-state index contributed by atoms with van der Waals surface area (Å²) in [5.41, 5.74) is -0.375. The zero-order valence-corrected chi connectivity index (χ0v) is 29.1. The highest BCUT2D eigenvalue weighted by atomic mass is 16.5. The highest BCUT2D eigenvalue weighted by Crippen LogP contribution is 2.70. The van der Waals surface area contributed by atoms with Gasteiger partial charge in [0.15, 0.2) is 0 Å². The molecule has 1 spiro atoms. The van der Waals surface area contributed by atoms with Crippen molar-refractivity contribution in [1.82, 2.24) is 15.5 Å². The number of ketones is 2. The van der Waals surface area contributed by atoms with E-state index in [1.807, 2.05) is 0 Å². The van der Waals surface area contributed by atoms with Crippen molar-refractivity contribution in [3.63, 3.8) is 0 Å². The molecule has 3 heterocycles. The fourth-order valence-corrected chi connectivity index (χ4v) is 12.3. The Bertz CT molecular complexity index is 1160. The molecular formula is C38H61N3O5. The number of morpholine rings is 1. The molecule has 46 heavy (non-hydrogen) atoms. The fourth-order valence-electron chi connectivity index (χ4n) is 12.3. The molecule has 8 heteroatoms. The van der Waals surface area contributed by atoms with Crippen molar-refractivity contribution in [2.75, 3.05) is 39.4 Å². The zero-order chi connectivity index (χ0) is 32.3. The molecule has 7 fully saturated rings. The third-order valence-corrected chi connectivity index (χ3v) is 15.0. The molecule has 1 amide bonds. The van der Waals surface area contributed by atoms with Crippen LogP contribution in [0.4, 0.5) is 0 Å². The molecule has 2 N–H and O–H groups in total. The molecule has 7 rings (SSSR count). The highest BCUT2D eigenvalue weighted by Gasteiger charge is 2.71. The van der Waals surface area contributed by atoms with Crippen LogP contribution < -0.4 is 10.6 Å². The molecule has 7 aliphatic rings. The van der Waals surface area contributed by atoms with E-state index in [-0.39, 0.29) is 46.8 Å². The Labute approximate surface area is 277 Å². The van der Waals surface area contributed by atoms with E-state index >= 15 is 0 Å². The molecule has 258 valence electrons. The van der Waals surface area contributed by atoms with Gasteiger partial charge in [-0.2, -0.15) is 0 Å². The van der Waals surface area contributed by atoms with Gasteiger partial charge >= 0.3 is 0 Å². The molecule has 0 bridgehead atoms. The molecule has 1 unspecified atom stereocenters. The summed E-state index contributed by atoms with van der Waals surface area (Å²) in [5, 5.41) is 7.07. The molecule has 0 aromatic carbocycles. The molecule has 12 atom stereocenters. The summed E-state index contributed by atoms with van der Waals surface area (Å²) >= 11 is 0. The van der Waals surface area contributed by atoms with Gasteiger partial charge in [-0.25, -0.2) is 0 Å². The minimum atomic E-state index is -0.275. The monoisotopic (exact) mass is 639 g/mol. The first-order chi connectivity index (χ1) is 22.0. The lowest BCUT2D eigenvalue weighted by molar-refractivity contribution is -0.160. The number of ether oxygens (including phenoxy) is 2. The van der Waals surface area contributed by atoms with E-state index in [2.05, 4.69) is 43.2 Å². The number of hydrogen-bond donors (Lipinski definition) is 2. The van der Waals surface area contributed by atoms with Crippen LogP contribution in [-0.4, -0.2) is 79.6 Å². The van der Waals surface area contributed by atoms with Gasteiger partial charge in [-0.05, 0) is 106 Å². The predicted molar refractivity (Wildman–Crippen MR) is 177 cm³/mol. The van der Waals surface area contributed by atoms with Crippen LogP contribution >= 0.6 is 0 Å². The summed E-state index contributed by atoms with van der Waals surface area (Å²) in [6.07, 6.45) is 11.9. The van der Waals surface area contributed by atoms with Crippen LogP contribution in [0, 0.1) is 52.3 Å². The van der Waals surface area contributed by atoms with Gasteiger partial charge in [0.2, 0.25) is 5.91 Å². The summed E-state index contributed by atoms with van der Waals surface area (Å²) in [6, 6.07) is 0.141. The fraction of sp³-hybridized carbons (Fsp3) is 0.921. The maximum Gasteiger partial charge on any atom is 0.227 e. The number of amides is 1. The van der Waals surface area contributed by atoms with Crippen LogP contribution in [0.5, 0.6) is 0 Å². The standard InChI is InChI=1S/C38H61N3O5/c1-24-10-13-38(39-23-24)25(2)35-32(46-38)21-31-29-9-8-26-19-27(11-12-36(26,3)30(29)22-33(43)37(31,35)4)40-34(44)20-28(42)7-5-6-14-41-15-17-45-18-16-41/h24-27,29-32,35,39H,5-23H2,1-4H3,(H,40,44)/t24-,25+,26+,27?,29-,30+,31+,32+,35+,36+,37-,38-/m1/s1. The van der Waals surface area contributed by atoms with Crippen molar-refractivity contribution in [2.45, 2.75) is 129 Å². The van der Waals surface area contributed by atoms with Gasteiger partial charge < -0.3 is 14.8 Å². The Hall–Kier alpha value is -1.35. The average Bonchev–Trinajstić information content (AvgIpc) is 3.48. The Kier molecular flexibility index (Phi) is 9.25. The van der Waals surface area contributed by atoms with Crippen molar-refractivity contribution in [2.24, 2.45) is 52.3 Å². The average molecular weight is 640 g/mol. The number of hydrogen-bond acceptors (Lipinski definition) is 7. The maximum absolute atomic E-state index is 14.4. The molecule has 4 saturated carbocycles. The topological polar surface area (TPSA) is 97.0 Å². The van der Waals surface area contributed by atoms with E-state index in [0.29, 0.717) is 53.6 Å². The van der Waals surface area contributed by atoms with Crippen LogP contribution in [0.3, 0.4) is 0 Å². The number of rotatable bonds is 8. The predicted octanol–water partition coefficient (Wildman–Crippen LogP) is 5.13. The number of unbranched alkanes of at least 4 members (excludes halogenated alkanes) is 1. The quantitative estimate of drug-likeness (QED) is 0.281. The van der Waals surface area contributed by atoms with Crippen LogP contribution in [0.15, 0.2) is 0 Å². The second kappa shape index (κ2) is 12.8. The molecule has 3 saturated heterocycles. The molecule has 8 nitrogen and oxygen atoms in total. The van der Waals surface area contributed by atoms with Gasteiger partial charge in [-0.1, -0.05) is 27.7 Å². The van der Waals surface area contributed by atoms with Crippen LogP contribution in [0.2, 0.25) is 0 Å². The van der Waals surface area contributed by atoms with Crippen LogP contribution in [0.25, 0.3) is 0 Å². The van der Waals surface area contributed by atoms with Crippen molar-refractivity contribution in [3.8, 4) is 0 Å². The van der Waals surface area contributed by atoms with Gasteiger partial charge in [0.25, 0.3) is 0 Å². The smallest absolute Gasteiger partial charge is 0.227 e. The van der Waals surface area contributed by atoms with Gasteiger partial charge in [-0.15, -0.1) is 0 Å². The summed E-state index contributed by atoms with van der Waals surface area (Å²) in [6.45, 7) is 15.1. The van der Waals surface area contributed by atoms with Crippen molar-refractivity contribution < 1.29 is 23.9 Å². The van der Waals surface area contributed by atoms with Gasteiger partial charge in [0.1, 0.15) is 17.3 Å². The lowest BCUT2D eigenvalue weighted by Crippen LogP contribution is -2.60. The molecule has 3 aliphatic heterocycles. The van der Waals surface area contributed by atoms with Crippen molar-refractivity contribution in [1.29, 1.82) is 0 Å². The van der Waals surface area contributed by atoms with Crippen LogP contribution in [0.1, 0.15) is 111 Å². The van der Waals surface area contributed by atoms with Gasteiger partial charge in [-0.3, -0.25) is 24.6 Å².